The molecule has 0 bridgehead atoms. The summed E-state index contributed by atoms with van der Waals surface area (Å²) in [6.45, 7) is 1.39. The molecule has 0 aliphatic rings. The molecule has 2 aromatic rings. The molecule has 1 amide bonds. The Morgan fingerprint density at radius 2 is 2.00 bits per heavy atom. The molecule has 0 saturated carbocycles. The number of nitrogens with zero attached hydrogens (tertiary/aromatic N) is 3. The number of hydrogen-bond donors (Lipinski definition) is 1. The van der Waals surface area contributed by atoms with Gasteiger partial charge in [-0.05, 0) is 38.4 Å². The van der Waals surface area contributed by atoms with Crippen LogP contribution in [0.15, 0.2) is 42.7 Å². The number of nitrogens with one attached hydrogen (secondary N) is 1. The number of amides is 1. The summed E-state index contributed by atoms with van der Waals surface area (Å²) in [5.41, 5.74) is 0.544. The molecule has 6 heteroatoms. The molecule has 0 radical (unpaired) electrons. The van der Waals surface area contributed by atoms with Gasteiger partial charge in [0, 0.05) is 31.0 Å². The first-order valence-electron chi connectivity index (χ1n) is 6.63. The number of rotatable bonds is 6. The van der Waals surface area contributed by atoms with E-state index < -0.39 is 0 Å². The molecule has 1 aromatic heterocycles. The van der Waals surface area contributed by atoms with Crippen LogP contribution in [0.2, 0.25) is 0 Å². The van der Waals surface area contributed by atoms with Gasteiger partial charge in [0.25, 0.3) is 5.91 Å². The van der Waals surface area contributed by atoms with Gasteiger partial charge in [0.1, 0.15) is 5.75 Å². The van der Waals surface area contributed by atoms with Crippen molar-refractivity contribution in [1.29, 1.82) is 0 Å². The molecule has 6 nitrogen and oxygen atoms in total. The van der Waals surface area contributed by atoms with E-state index in [1.54, 1.807) is 42.7 Å². The van der Waals surface area contributed by atoms with Crippen molar-refractivity contribution < 1.29 is 9.53 Å². The van der Waals surface area contributed by atoms with E-state index in [9.17, 15) is 4.79 Å². The van der Waals surface area contributed by atoms with E-state index in [1.807, 2.05) is 19.0 Å². The molecule has 110 valence electrons. The highest BCUT2D eigenvalue weighted by atomic mass is 16.5. The molecule has 0 spiro atoms. The van der Waals surface area contributed by atoms with E-state index in [4.69, 9.17) is 4.74 Å². The van der Waals surface area contributed by atoms with Crippen molar-refractivity contribution in [2.24, 2.45) is 0 Å². The topological polar surface area (TPSA) is 67.4 Å². The second kappa shape index (κ2) is 7.35. The second-order valence-corrected chi connectivity index (χ2v) is 4.72. The average molecular weight is 286 g/mol. The summed E-state index contributed by atoms with van der Waals surface area (Å²) >= 11 is 0. The predicted octanol–water partition coefficient (Wildman–Crippen LogP) is 1.56. The third-order valence-electron chi connectivity index (χ3n) is 2.69. The van der Waals surface area contributed by atoms with E-state index in [-0.39, 0.29) is 11.9 Å². The zero-order valence-electron chi connectivity index (χ0n) is 12.1. The van der Waals surface area contributed by atoms with Gasteiger partial charge in [0.2, 0.25) is 0 Å². The van der Waals surface area contributed by atoms with Gasteiger partial charge >= 0.3 is 6.01 Å². The predicted molar refractivity (Wildman–Crippen MR) is 79.4 cm³/mol. The van der Waals surface area contributed by atoms with E-state index in [1.165, 1.54) is 0 Å². The lowest BCUT2D eigenvalue weighted by molar-refractivity contribution is 0.0950. The molecule has 0 unspecified atom stereocenters. The lowest BCUT2D eigenvalue weighted by atomic mass is 10.2. The van der Waals surface area contributed by atoms with Crippen molar-refractivity contribution in [3.63, 3.8) is 0 Å². The molecule has 21 heavy (non-hydrogen) atoms. The summed E-state index contributed by atoms with van der Waals surface area (Å²) in [6.07, 6.45) is 3.19. The van der Waals surface area contributed by atoms with Crippen LogP contribution >= 0.6 is 0 Å². The van der Waals surface area contributed by atoms with Gasteiger partial charge in [-0.25, -0.2) is 9.97 Å². The minimum atomic E-state index is -0.128. The molecule has 0 aliphatic carbocycles. The molecule has 1 N–H and O–H groups in total. The van der Waals surface area contributed by atoms with Crippen LogP contribution in [0.1, 0.15) is 10.4 Å². The smallest absolute Gasteiger partial charge is 0.321 e. The third-order valence-corrected chi connectivity index (χ3v) is 2.69. The van der Waals surface area contributed by atoms with Crippen molar-refractivity contribution in [3.05, 3.63) is 48.3 Å². The van der Waals surface area contributed by atoms with Gasteiger partial charge in [-0.3, -0.25) is 4.79 Å². The van der Waals surface area contributed by atoms with Crippen LogP contribution in [0.4, 0.5) is 0 Å². The highest BCUT2D eigenvalue weighted by Crippen LogP contribution is 2.18. The lowest BCUT2D eigenvalue weighted by Crippen LogP contribution is -2.31. The van der Waals surface area contributed by atoms with Crippen molar-refractivity contribution >= 4 is 5.91 Å². The van der Waals surface area contributed by atoms with Crippen LogP contribution in [-0.4, -0.2) is 48.0 Å². The summed E-state index contributed by atoms with van der Waals surface area (Å²) in [4.78, 5) is 22.0. The van der Waals surface area contributed by atoms with Crippen molar-refractivity contribution in [2.75, 3.05) is 27.2 Å². The van der Waals surface area contributed by atoms with Gasteiger partial charge in [0.15, 0.2) is 0 Å². The fraction of sp³-hybridized carbons (Fsp3) is 0.267. The summed E-state index contributed by atoms with van der Waals surface area (Å²) < 4.78 is 5.50. The fourth-order valence-corrected chi connectivity index (χ4v) is 1.64. The quantitative estimate of drug-likeness (QED) is 0.873. The number of hydrogen-bond acceptors (Lipinski definition) is 5. The van der Waals surface area contributed by atoms with Crippen LogP contribution < -0.4 is 10.1 Å². The first-order valence-corrected chi connectivity index (χ1v) is 6.63. The van der Waals surface area contributed by atoms with E-state index in [0.29, 0.717) is 17.9 Å². The van der Waals surface area contributed by atoms with E-state index in [0.717, 1.165) is 6.54 Å². The Balaban J connectivity index is 1.98. The summed E-state index contributed by atoms with van der Waals surface area (Å²) in [6, 6.07) is 8.89. The first kappa shape index (κ1) is 14.9. The maximum absolute atomic E-state index is 12.0. The SMILES string of the molecule is CN(C)CCNC(=O)c1cccc(Oc2ncccn2)c1. The summed E-state index contributed by atoms with van der Waals surface area (Å²) in [5, 5.41) is 2.85. The number of likely N-dealkylation sites (N-methyl/N-ethyl adjacent to an activating group) is 1. The standard InChI is InChI=1S/C15H18N4O2/c1-19(2)10-9-16-14(20)12-5-3-6-13(11-12)21-15-17-7-4-8-18-15/h3-8,11H,9-10H2,1-2H3,(H,16,20). The molecule has 1 heterocycles. The monoisotopic (exact) mass is 286 g/mol. The molecule has 0 aliphatic heterocycles. The van der Waals surface area contributed by atoms with Crippen molar-refractivity contribution in [2.45, 2.75) is 0 Å². The molecule has 1 aromatic carbocycles. The number of benzene rings is 1. The van der Waals surface area contributed by atoms with Crippen molar-refractivity contribution in [3.8, 4) is 11.8 Å². The second-order valence-electron chi connectivity index (χ2n) is 4.72. The van der Waals surface area contributed by atoms with Gasteiger partial charge in [-0.2, -0.15) is 0 Å². The van der Waals surface area contributed by atoms with Crippen LogP contribution in [0.3, 0.4) is 0 Å². The Morgan fingerprint density at radius 1 is 1.24 bits per heavy atom. The van der Waals surface area contributed by atoms with E-state index in [2.05, 4.69) is 15.3 Å². The molecular weight excluding hydrogens is 268 g/mol. The third kappa shape index (κ3) is 4.85. The van der Waals surface area contributed by atoms with Gasteiger partial charge in [-0.1, -0.05) is 6.07 Å². The Labute approximate surface area is 123 Å². The Morgan fingerprint density at radius 3 is 2.71 bits per heavy atom. The molecule has 0 saturated heterocycles. The molecular formula is C15H18N4O2. The molecule has 2 rings (SSSR count). The van der Waals surface area contributed by atoms with Gasteiger partial charge in [0.05, 0.1) is 0 Å². The van der Waals surface area contributed by atoms with E-state index >= 15 is 0 Å². The number of carbonyl (C=O) groups excluding carboxylic acids is 1. The normalized spacial score (nSPS) is 10.4. The van der Waals surface area contributed by atoms with Crippen LogP contribution in [-0.2, 0) is 0 Å². The zero-order valence-corrected chi connectivity index (χ0v) is 12.1. The Bertz CT molecular complexity index is 587. The summed E-state index contributed by atoms with van der Waals surface area (Å²) in [5.74, 6) is 0.401. The van der Waals surface area contributed by atoms with Gasteiger partial charge in [-0.15, -0.1) is 0 Å². The number of aromatic nitrogens is 2. The molecule has 0 fully saturated rings. The zero-order chi connectivity index (χ0) is 15.1. The Hall–Kier alpha value is -2.47. The average Bonchev–Trinajstić information content (AvgIpc) is 2.48. The number of ether oxygens (including phenoxy) is 1. The molecule has 0 atom stereocenters. The number of carbonyl (C=O) groups is 1. The maximum atomic E-state index is 12.0. The van der Waals surface area contributed by atoms with Crippen LogP contribution in [0, 0.1) is 0 Å². The maximum Gasteiger partial charge on any atom is 0.321 e. The minimum Gasteiger partial charge on any atom is -0.424 e. The highest BCUT2D eigenvalue weighted by molar-refractivity contribution is 5.94. The largest absolute Gasteiger partial charge is 0.424 e. The van der Waals surface area contributed by atoms with Crippen molar-refractivity contribution in [1.82, 2.24) is 20.2 Å². The Kier molecular flexibility index (Phi) is 5.22. The first-order chi connectivity index (χ1) is 10.1. The van der Waals surface area contributed by atoms with Crippen LogP contribution in [0.25, 0.3) is 0 Å². The van der Waals surface area contributed by atoms with Gasteiger partial charge < -0.3 is 15.0 Å². The minimum absolute atomic E-state index is 0.128. The van der Waals surface area contributed by atoms with Crippen LogP contribution in [0.5, 0.6) is 11.8 Å². The lowest BCUT2D eigenvalue weighted by Gasteiger charge is -2.11. The highest BCUT2D eigenvalue weighted by Gasteiger charge is 2.07. The summed E-state index contributed by atoms with van der Waals surface area (Å²) in [7, 11) is 3.92. The fourth-order valence-electron chi connectivity index (χ4n) is 1.64.